The van der Waals surface area contributed by atoms with Gasteiger partial charge in [-0.25, -0.2) is 0 Å². The monoisotopic (exact) mass is 234 g/mol. The summed E-state index contributed by atoms with van der Waals surface area (Å²) in [6, 6.07) is 3.36. The lowest BCUT2D eigenvalue weighted by molar-refractivity contribution is 0.0942. The second-order valence-electron chi connectivity index (χ2n) is 4.43. The zero-order chi connectivity index (χ0) is 12.1. The molecule has 1 amide bonds. The summed E-state index contributed by atoms with van der Waals surface area (Å²) in [5.41, 5.74) is 3.59. The standard InChI is InChI=1S/C12H18N4O/c13-16-10-5-6-14-11(7-10)12(17)15-8-9-3-1-2-4-9/h5-7,9H,1-4,8,13H2,(H,14,16)(H,15,17). The Balaban J connectivity index is 1.89. The van der Waals surface area contributed by atoms with Gasteiger partial charge in [-0.05, 0) is 30.9 Å². The summed E-state index contributed by atoms with van der Waals surface area (Å²) in [6.07, 6.45) is 6.58. The number of rotatable bonds is 4. The van der Waals surface area contributed by atoms with Crippen molar-refractivity contribution in [2.75, 3.05) is 12.0 Å². The zero-order valence-corrected chi connectivity index (χ0v) is 9.78. The van der Waals surface area contributed by atoms with Crippen molar-refractivity contribution in [3.8, 4) is 0 Å². The molecule has 1 aliphatic carbocycles. The molecule has 0 bridgehead atoms. The van der Waals surface area contributed by atoms with Crippen LogP contribution in [0, 0.1) is 5.92 Å². The van der Waals surface area contributed by atoms with Crippen molar-refractivity contribution in [2.24, 2.45) is 11.8 Å². The van der Waals surface area contributed by atoms with Crippen molar-refractivity contribution in [1.82, 2.24) is 10.3 Å². The number of anilines is 1. The fourth-order valence-corrected chi connectivity index (χ4v) is 2.19. The van der Waals surface area contributed by atoms with Crippen LogP contribution in [0.15, 0.2) is 18.3 Å². The number of nitrogens with two attached hydrogens (primary N) is 1. The maximum Gasteiger partial charge on any atom is 0.269 e. The molecule has 0 radical (unpaired) electrons. The van der Waals surface area contributed by atoms with Gasteiger partial charge in [0.15, 0.2) is 0 Å². The van der Waals surface area contributed by atoms with E-state index in [0.29, 0.717) is 17.3 Å². The van der Waals surface area contributed by atoms with E-state index >= 15 is 0 Å². The Kier molecular flexibility index (Phi) is 3.93. The Morgan fingerprint density at radius 2 is 2.24 bits per heavy atom. The molecule has 1 aromatic heterocycles. The first-order valence-electron chi connectivity index (χ1n) is 6.00. The molecule has 1 fully saturated rings. The van der Waals surface area contributed by atoms with Crippen LogP contribution >= 0.6 is 0 Å². The normalized spacial score (nSPS) is 15.8. The molecule has 17 heavy (non-hydrogen) atoms. The molecule has 0 saturated heterocycles. The summed E-state index contributed by atoms with van der Waals surface area (Å²) >= 11 is 0. The highest BCUT2D eigenvalue weighted by atomic mass is 16.1. The highest BCUT2D eigenvalue weighted by Crippen LogP contribution is 2.23. The van der Waals surface area contributed by atoms with Crippen LogP contribution in [0.3, 0.4) is 0 Å². The number of nitrogens with one attached hydrogen (secondary N) is 2. The molecule has 0 unspecified atom stereocenters. The van der Waals surface area contributed by atoms with Gasteiger partial charge in [0, 0.05) is 12.7 Å². The Morgan fingerprint density at radius 3 is 2.94 bits per heavy atom. The maximum absolute atomic E-state index is 11.8. The quantitative estimate of drug-likeness (QED) is 0.541. The first-order chi connectivity index (χ1) is 8.29. The number of amides is 1. The van der Waals surface area contributed by atoms with E-state index in [1.807, 2.05) is 0 Å². The SMILES string of the molecule is NNc1ccnc(C(=O)NCC2CCCC2)c1. The van der Waals surface area contributed by atoms with E-state index in [1.165, 1.54) is 25.7 Å². The molecule has 0 spiro atoms. The Labute approximate surface area is 101 Å². The summed E-state index contributed by atoms with van der Waals surface area (Å²) in [5.74, 6) is 5.79. The summed E-state index contributed by atoms with van der Waals surface area (Å²) in [6.45, 7) is 0.751. The second kappa shape index (κ2) is 5.63. The number of nitrogens with zero attached hydrogens (tertiary/aromatic N) is 1. The fourth-order valence-electron chi connectivity index (χ4n) is 2.19. The average Bonchev–Trinajstić information content (AvgIpc) is 2.89. The number of hydrazine groups is 1. The van der Waals surface area contributed by atoms with Crippen LogP contribution in [-0.4, -0.2) is 17.4 Å². The molecule has 5 heteroatoms. The van der Waals surface area contributed by atoms with Crippen LogP contribution < -0.4 is 16.6 Å². The molecular formula is C12H18N4O. The molecule has 4 N–H and O–H groups in total. The van der Waals surface area contributed by atoms with Crippen LogP contribution in [0.2, 0.25) is 0 Å². The van der Waals surface area contributed by atoms with Crippen LogP contribution in [0.1, 0.15) is 36.2 Å². The number of carbonyl (C=O) groups is 1. The van der Waals surface area contributed by atoms with Gasteiger partial charge in [0.25, 0.3) is 5.91 Å². The molecule has 0 aromatic carbocycles. The van der Waals surface area contributed by atoms with E-state index in [4.69, 9.17) is 5.84 Å². The zero-order valence-electron chi connectivity index (χ0n) is 9.78. The van der Waals surface area contributed by atoms with Gasteiger partial charge in [-0.15, -0.1) is 0 Å². The van der Waals surface area contributed by atoms with E-state index in [9.17, 15) is 4.79 Å². The van der Waals surface area contributed by atoms with Gasteiger partial charge in [0.2, 0.25) is 0 Å². The molecular weight excluding hydrogens is 216 g/mol. The number of hydrogen-bond acceptors (Lipinski definition) is 4. The summed E-state index contributed by atoms with van der Waals surface area (Å²) < 4.78 is 0. The number of aromatic nitrogens is 1. The van der Waals surface area contributed by atoms with Gasteiger partial charge in [-0.3, -0.25) is 15.6 Å². The summed E-state index contributed by atoms with van der Waals surface area (Å²) in [4.78, 5) is 15.9. The largest absolute Gasteiger partial charge is 0.350 e. The third-order valence-electron chi connectivity index (χ3n) is 3.19. The highest BCUT2D eigenvalue weighted by molar-refractivity contribution is 5.93. The van der Waals surface area contributed by atoms with Crippen LogP contribution in [0.4, 0.5) is 5.69 Å². The molecule has 1 heterocycles. The molecule has 0 aliphatic heterocycles. The Bertz CT molecular complexity index is 388. The molecule has 0 atom stereocenters. The minimum atomic E-state index is -0.131. The molecule has 1 aliphatic rings. The van der Waals surface area contributed by atoms with E-state index in [2.05, 4.69) is 15.7 Å². The summed E-state index contributed by atoms with van der Waals surface area (Å²) in [5, 5.41) is 2.92. The van der Waals surface area contributed by atoms with Gasteiger partial charge in [-0.1, -0.05) is 12.8 Å². The molecule has 1 saturated carbocycles. The van der Waals surface area contributed by atoms with Crippen molar-refractivity contribution in [1.29, 1.82) is 0 Å². The Morgan fingerprint density at radius 1 is 1.47 bits per heavy atom. The molecule has 5 nitrogen and oxygen atoms in total. The minimum absolute atomic E-state index is 0.131. The highest BCUT2D eigenvalue weighted by Gasteiger charge is 2.16. The number of pyridine rings is 1. The molecule has 2 rings (SSSR count). The van der Waals surface area contributed by atoms with Gasteiger partial charge in [0.1, 0.15) is 5.69 Å². The maximum atomic E-state index is 11.8. The second-order valence-corrected chi connectivity index (χ2v) is 4.43. The van der Waals surface area contributed by atoms with Crippen molar-refractivity contribution in [2.45, 2.75) is 25.7 Å². The van der Waals surface area contributed by atoms with Crippen molar-refractivity contribution in [3.63, 3.8) is 0 Å². The predicted octanol–water partition coefficient (Wildman–Crippen LogP) is 1.29. The lowest BCUT2D eigenvalue weighted by Crippen LogP contribution is -2.29. The minimum Gasteiger partial charge on any atom is -0.350 e. The molecule has 1 aromatic rings. The fraction of sp³-hybridized carbons (Fsp3) is 0.500. The van der Waals surface area contributed by atoms with Gasteiger partial charge >= 0.3 is 0 Å². The lowest BCUT2D eigenvalue weighted by atomic mass is 10.1. The van der Waals surface area contributed by atoms with E-state index in [-0.39, 0.29) is 5.91 Å². The topological polar surface area (TPSA) is 80.0 Å². The van der Waals surface area contributed by atoms with Gasteiger partial charge in [-0.2, -0.15) is 0 Å². The number of hydrogen-bond donors (Lipinski definition) is 3. The van der Waals surface area contributed by atoms with Crippen LogP contribution in [0.5, 0.6) is 0 Å². The predicted molar refractivity (Wildman–Crippen MR) is 66.3 cm³/mol. The first-order valence-corrected chi connectivity index (χ1v) is 6.00. The summed E-state index contributed by atoms with van der Waals surface area (Å²) in [7, 11) is 0. The number of carbonyl (C=O) groups excluding carboxylic acids is 1. The van der Waals surface area contributed by atoms with Crippen molar-refractivity contribution >= 4 is 11.6 Å². The van der Waals surface area contributed by atoms with Gasteiger partial charge < -0.3 is 10.7 Å². The van der Waals surface area contributed by atoms with Gasteiger partial charge in [0.05, 0.1) is 5.69 Å². The van der Waals surface area contributed by atoms with Crippen molar-refractivity contribution in [3.05, 3.63) is 24.0 Å². The third-order valence-corrected chi connectivity index (χ3v) is 3.19. The average molecular weight is 234 g/mol. The first kappa shape index (κ1) is 11.9. The van der Waals surface area contributed by atoms with Crippen LogP contribution in [-0.2, 0) is 0 Å². The van der Waals surface area contributed by atoms with E-state index in [1.54, 1.807) is 18.3 Å². The lowest BCUT2D eigenvalue weighted by Gasteiger charge is -2.10. The van der Waals surface area contributed by atoms with Crippen molar-refractivity contribution < 1.29 is 4.79 Å². The third kappa shape index (κ3) is 3.17. The molecule has 92 valence electrons. The Hall–Kier alpha value is -1.62. The smallest absolute Gasteiger partial charge is 0.269 e. The van der Waals surface area contributed by atoms with Crippen LogP contribution in [0.25, 0.3) is 0 Å². The van der Waals surface area contributed by atoms with E-state index < -0.39 is 0 Å². The number of nitrogen functional groups attached to an aromatic ring is 1. The van der Waals surface area contributed by atoms with E-state index in [0.717, 1.165) is 6.54 Å².